The summed E-state index contributed by atoms with van der Waals surface area (Å²) in [5.41, 5.74) is 2.07. The number of hydrogen-bond donors (Lipinski definition) is 1. The molecule has 1 amide bonds. The molecule has 21 heavy (non-hydrogen) atoms. The van der Waals surface area contributed by atoms with Crippen LogP contribution in [0.15, 0.2) is 24.3 Å². The molecular weight excluding hydrogens is 267 g/mol. The molecule has 1 aliphatic rings. The van der Waals surface area contributed by atoms with Crippen LogP contribution in [0.5, 0.6) is 0 Å². The molecule has 1 atom stereocenters. The summed E-state index contributed by atoms with van der Waals surface area (Å²) >= 11 is 0. The zero-order valence-electron chi connectivity index (χ0n) is 12.5. The van der Waals surface area contributed by atoms with Gasteiger partial charge in [0, 0.05) is 41.5 Å². The number of H-pyrrole nitrogens is 1. The lowest BCUT2D eigenvalue weighted by Crippen LogP contribution is -2.41. The summed E-state index contributed by atoms with van der Waals surface area (Å²) in [5.74, 6) is 0.368. The maximum absolute atomic E-state index is 13.3. The van der Waals surface area contributed by atoms with Crippen molar-refractivity contribution >= 4 is 16.8 Å². The molecule has 1 fully saturated rings. The summed E-state index contributed by atoms with van der Waals surface area (Å²) in [7, 11) is 0. The van der Waals surface area contributed by atoms with Gasteiger partial charge >= 0.3 is 0 Å². The minimum Gasteiger partial charge on any atom is -0.358 e. The van der Waals surface area contributed by atoms with Gasteiger partial charge in [-0.15, -0.1) is 0 Å². The number of fused-ring (bicyclic) bond motifs is 1. The lowest BCUT2D eigenvalue weighted by molar-refractivity contribution is -0.135. The predicted molar refractivity (Wildman–Crippen MR) is 81.6 cm³/mol. The first-order valence-corrected chi connectivity index (χ1v) is 7.61. The van der Waals surface area contributed by atoms with E-state index in [0.29, 0.717) is 5.92 Å². The summed E-state index contributed by atoms with van der Waals surface area (Å²) in [6.07, 6.45) is 2.09. The van der Waals surface area contributed by atoms with E-state index in [9.17, 15) is 9.18 Å². The van der Waals surface area contributed by atoms with E-state index in [0.717, 1.165) is 42.5 Å². The Bertz CT molecular complexity index is 662. The first kappa shape index (κ1) is 14.1. The second kappa shape index (κ2) is 5.51. The normalized spacial score (nSPS) is 19.4. The quantitative estimate of drug-likeness (QED) is 0.899. The first-order chi connectivity index (χ1) is 10.0. The number of rotatable bonds is 2. The van der Waals surface area contributed by atoms with Gasteiger partial charge in [0.2, 0.25) is 5.91 Å². The number of aromatic amines is 1. The Balaban J connectivity index is 1.83. The molecule has 1 aromatic carbocycles. The van der Waals surface area contributed by atoms with Gasteiger partial charge in [-0.25, -0.2) is 4.39 Å². The van der Waals surface area contributed by atoms with Crippen LogP contribution in [-0.2, 0) is 4.79 Å². The van der Waals surface area contributed by atoms with Gasteiger partial charge in [-0.3, -0.25) is 4.79 Å². The van der Waals surface area contributed by atoms with E-state index in [1.165, 1.54) is 6.07 Å². The van der Waals surface area contributed by atoms with Crippen molar-refractivity contribution in [2.45, 2.75) is 32.6 Å². The number of carbonyl (C=O) groups is 1. The van der Waals surface area contributed by atoms with Gasteiger partial charge in [0.1, 0.15) is 5.82 Å². The molecule has 1 unspecified atom stereocenters. The molecule has 0 saturated carbocycles. The van der Waals surface area contributed by atoms with E-state index in [1.807, 2.05) is 24.8 Å². The minimum absolute atomic E-state index is 0.0422. The Morgan fingerprint density at radius 1 is 1.38 bits per heavy atom. The molecule has 2 heterocycles. The van der Waals surface area contributed by atoms with E-state index in [-0.39, 0.29) is 17.6 Å². The van der Waals surface area contributed by atoms with E-state index in [2.05, 4.69) is 4.98 Å². The molecule has 0 spiro atoms. The van der Waals surface area contributed by atoms with Crippen LogP contribution >= 0.6 is 0 Å². The lowest BCUT2D eigenvalue weighted by Gasteiger charge is -2.33. The highest BCUT2D eigenvalue weighted by molar-refractivity contribution is 5.81. The zero-order valence-corrected chi connectivity index (χ0v) is 12.5. The van der Waals surface area contributed by atoms with Crippen molar-refractivity contribution in [1.29, 1.82) is 0 Å². The summed E-state index contributed by atoms with van der Waals surface area (Å²) in [5, 5.41) is 0.900. The molecule has 112 valence electrons. The molecule has 3 rings (SSSR count). The van der Waals surface area contributed by atoms with Crippen LogP contribution in [0.4, 0.5) is 4.39 Å². The van der Waals surface area contributed by atoms with Crippen molar-refractivity contribution in [3.63, 3.8) is 0 Å². The average Bonchev–Trinajstić information content (AvgIpc) is 2.89. The highest BCUT2D eigenvalue weighted by Crippen LogP contribution is 2.29. The third-order valence-corrected chi connectivity index (χ3v) is 4.27. The van der Waals surface area contributed by atoms with E-state index in [1.54, 1.807) is 12.1 Å². The third-order valence-electron chi connectivity index (χ3n) is 4.27. The molecule has 4 heteroatoms. The molecular formula is C17H21FN2O. The van der Waals surface area contributed by atoms with E-state index in [4.69, 9.17) is 0 Å². The molecule has 1 saturated heterocycles. The summed E-state index contributed by atoms with van der Waals surface area (Å²) in [6, 6.07) is 6.81. The van der Waals surface area contributed by atoms with Crippen molar-refractivity contribution in [2.24, 2.45) is 5.92 Å². The first-order valence-electron chi connectivity index (χ1n) is 7.61. The van der Waals surface area contributed by atoms with Crippen LogP contribution in [0.25, 0.3) is 10.9 Å². The van der Waals surface area contributed by atoms with E-state index >= 15 is 0 Å². The number of aromatic nitrogens is 1. The van der Waals surface area contributed by atoms with Gasteiger partial charge in [-0.05, 0) is 37.1 Å². The number of piperidine rings is 1. The van der Waals surface area contributed by atoms with Crippen LogP contribution in [0.1, 0.15) is 38.3 Å². The van der Waals surface area contributed by atoms with Gasteiger partial charge in [0.25, 0.3) is 0 Å². The van der Waals surface area contributed by atoms with Crippen molar-refractivity contribution in [3.05, 3.63) is 35.8 Å². The second-order valence-corrected chi connectivity index (χ2v) is 6.23. The largest absolute Gasteiger partial charge is 0.358 e. The fraction of sp³-hybridized carbons (Fsp3) is 0.471. The van der Waals surface area contributed by atoms with Crippen molar-refractivity contribution < 1.29 is 9.18 Å². The fourth-order valence-electron chi connectivity index (χ4n) is 3.14. The van der Waals surface area contributed by atoms with Crippen molar-refractivity contribution in [3.8, 4) is 0 Å². The summed E-state index contributed by atoms with van der Waals surface area (Å²) in [6.45, 7) is 5.49. The van der Waals surface area contributed by atoms with Gasteiger partial charge in [-0.2, -0.15) is 0 Å². The van der Waals surface area contributed by atoms with Crippen LogP contribution in [0, 0.1) is 11.7 Å². The Morgan fingerprint density at radius 2 is 2.19 bits per heavy atom. The summed E-state index contributed by atoms with van der Waals surface area (Å²) in [4.78, 5) is 17.5. The number of hydrogen-bond acceptors (Lipinski definition) is 1. The van der Waals surface area contributed by atoms with Crippen LogP contribution in [-0.4, -0.2) is 28.9 Å². The zero-order chi connectivity index (χ0) is 15.0. The number of nitrogens with one attached hydrogen (secondary N) is 1. The molecule has 1 aromatic heterocycles. The average molecular weight is 288 g/mol. The Hall–Kier alpha value is -1.84. The number of nitrogens with zero attached hydrogens (tertiary/aromatic N) is 1. The number of carbonyl (C=O) groups excluding carboxylic acids is 1. The Morgan fingerprint density at radius 3 is 2.95 bits per heavy atom. The molecule has 1 aliphatic heterocycles. The molecule has 0 aliphatic carbocycles. The Labute approximate surface area is 124 Å². The van der Waals surface area contributed by atoms with Crippen LogP contribution in [0.2, 0.25) is 0 Å². The molecule has 1 N–H and O–H groups in total. The number of benzene rings is 1. The lowest BCUT2D eigenvalue weighted by atomic mass is 9.94. The second-order valence-electron chi connectivity index (χ2n) is 6.23. The molecule has 2 aromatic rings. The van der Waals surface area contributed by atoms with Gasteiger partial charge in [0.05, 0.1) is 0 Å². The maximum atomic E-state index is 13.3. The number of amides is 1. The SMILES string of the molecule is CC(C)C(=O)N1CCCC(c2cc3cc(F)ccc3[nH]2)C1. The molecule has 3 nitrogen and oxygen atoms in total. The molecule has 0 radical (unpaired) electrons. The van der Waals surface area contributed by atoms with E-state index < -0.39 is 0 Å². The third kappa shape index (κ3) is 2.80. The highest BCUT2D eigenvalue weighted by atomic mass is 19.1. The van der Waals surface area contributed by atoms with Crippen molar-refractivity contribution in [1.82, 2.24) is 9.88 Å². The van der Waals surface area contributed by atoms with Gasteiger partial charge in [0.15, 0.2) is 0 Å². The van der Waals surface area contributed by atoms with Gasteiger partial charge < -0.3 is 9.88 Å². The Kier molecular flexibility index (Phi) is 3.70. The monoisotopic (exact) mass is 288 g/mol. The number of halogens is 1. The van der Waals surface area contributed by atoms with Crippen LogP contribution in [0.3, 0.4) is 0 Å². The van der Waals surface area contributed by atoms with Gasteiger partial charge in [-0.1, -0.05) is 13.8 Å². The smallest absolute Gasteiger partial charge is 0.225 e. The fourth-order valence-corrected chi connectivity index (χ4v) is 3.14. The summed E-state index contributed by atoms with van der Waals surface area (Å²) < 4.78 is 13.3. The number of likely N-dealkylation sites (tertiary alicyclic amines) is 1. The topological polar surface area (TPSA) is 36.1 Å². The minimum atomic E-state index is -0.215. The molecule has 0 bridgehead atoms. The van der Waals surface area contributed by atoms with Crippen molar-refractivity contribution in [2.75, 3.05) is 13.1 Å². The standard InChI is InChI=1S/C17H21FN2O/c1-11(2)17(21)20-7-3-4-12(10-20)16-9-13-8-14(18)5-6-15(13)19-16/h5-6,8-9,11-12,19H,3-4,7,10H2,1-2H3. The maximum Gasteiger partial charge on any atom is 0.225 e. The van der Waals surface area contributed by atoms with Crippen LogP contribution < -0.4 is 0 Å². The predicted octanol–water partition coefficient (Wildman–Crippen LogP) is 3.67. The highest BCUT2D eigenvalue weighted by Gasteiger charge is 2.26.